The molecular formula is C30H32ClN3O7. The van der Waals surface area contributed by atoms with Crippen molar-refractivity contribution < 1.29 is 34.8 Å². The molecule has 0 heterocycles. The Hall–Kier alpha value is -3.70. The van der Waals surface area contributed by atoms with Gasteiger partial charge in [-0.1, -0.05) is 41.9 Å². The number of ketones is 2. The van der Waals surface area contributed by atoms with Gasteiger partial charge in [-0.2, -0.15) is 0 Å². The van der Waals surface area contributed by atoms with E-state index in [2.05, 4.69) is 5.32 Å². The van der Waals surface area contributed by atoms with E-state index in [-0.39, 0.29) is 29.7 Å². The van der Waals surface area contributed by atoms with Crippen molar-refractivity contribution in [3.05, 3.63) is 80.6 Å². The second-order valence-corrected chi connectivity index (χ2v) is 11.5. The van der Waals surface area contributed by atoms with Crippen molar-refractivity contribution in [1.82, 2.24) is 10.2 Å². The normalized spacial score (nSPS) is 25.7. The minimum Gasteiger partial charge on any atom is -0.508 e. The van der Waals surface area contributed by atoms with Gasteiger partial charge in [-0.3, -0.25) is 19.3 Å². The number of halogens is 1. The molecule has 0 radical (unpaired) electrons. The molecule has 5 rings (SSSR count). The fourth-order valence-corrected chi connectivity index (χ4v) is 6.87. The molecule has 2 aromatic rings. The number of rotatable bonds is 7. The van der Waals surface area contributed by atoms with Gasteiger partial charge in [0.05, 0.1) is 11.6 Å². The number of carbonyl (C=O) groups is 3. The first-order valence-corrected chi connectivity index (χ1v) is 13.7. The molecule has 0 saturated heterocycles. The topological polar surface area (TPSA) is 173 Å². The number of aliphatic hydroxyl groups is 3. The summed E-state index contributed by atoms with van der Waals surface area (Å²) in [6.07, 6.45) is 0.933. The van der Waals surface area contributed by atoms with Crippen LogP contribution in [-0.2, 0) is 33.8 Å². The smallest absolute Gasteiger partial charge is 0.255 e. The number of nitrogens with one attached hydrogen (secondary N) is 1. The highest BCUT2D eigenvalue weighted by Gasteiger charge is 2.64. The Morgan fingerprint density at radius 1 is 1.17 bits per heavy atom. The van der Waals surface area contributed by atoms with Crippen LogP contribution in [0.5, 0.6) is 5.75 Å². The van der Waals surface area contributed by atoms with E-state index in [9.17, 15) is 34.8 Å². The van der Waals surface area contributed by atoms with Crippen molar-refractivity contribution in [1.29, 1.82) is 0 Å². The fraction of sp³-hybridized carbons (Fsp3) is 0.367. The number of hydrogen-bond acceptors (Lipinski definition) is 9. The van der Waals surface area contributed by atoms with Crippen LogP contribution in [0.3, 0.4) is 0 Å². The molecule has 2 aromatic carbocycles. The number of aliphatic hydroxyl groups excluding tert-OH is 2. The van der Waals surface area contributed by atoms with Crippen LogP contribution in [0.15, 0.2) is 53.3 Å². The van der Waals surface area contributed by atoms with E-state index < -0.39 is 58.0 Å². The monoisotopic (exact) mass is 581 g/mol. The Morgan fingerprint density at radius 3 is 2.49 bits per heavy atom. The van der Waals surface area contributed by atoms with Crippen LogP contribution in [0.25, 0.3) is 5.76 Å². The number of carbonyl (C=O) groups excluding carboxylic acids is 3. The molecule has 3 aliphatic rings. The van der Waals surface area contributed by atoms with Crippen molar-refractivity contribution in [3.63, 3.8) is 0 Å². The predicted octanol–water partition coefficient (Wildman–Crippen LogP) is 1.95. The zero-order valence-corrected chi connectivity index (χ0v) is 23.4. The highest BCUT2D eigenvalue weighted by atomic mass is 35.5. The van der Waals surface area contributed by atoms with Gasteiger partial charge in [-0.05, 0) is 68.6 Å². The van der Waals surface area contributed by atoms with Gasteiger partial charge < -0.3 is 31.5 Å². The first kappa shape index (κ1) is 28.8. The molecule has 41 heavy (non-hydrogen) atoms. The summed E-state index contributed by atoms with van der Waals surface area (Å²) in [5, 5.41) is 48.4. The Bertz CT molecular complexity index is 1520. The first-order chi connectivity index (χ1) is 19.4. The molecule has 4 atom stereocenters. The molecule has 3 aliphatic carbocycles. The summed E-state index contributed by atoms with van der Waals surface area (Å²) in [5.41, 5.74) is 3.81. The number of likely N-dealkylation sites (N-methyl/N-ethyl adjacent to an activating group) is 1. The Morgan fingerprint density at radius 2 is 1.85 bits per heavy atom. The maximum absolute atomic E-state index is 13.9. The predicted molar refractivity (Wildman–Crippen MR) is 151 cm³/mol. The number of nitrogens with zero attached hydrogens (tertiary/aromatic N) is 1. The lowest BCUT2D eigenvalue weighted by atomic mass is 9.57. The van der Waals surface area contributed by atoms with E-state index in [1.807, 2.05) is 30.3 Å². The lowest BCUT2D eigenvalue weighted by molar-refractivity contribution is -0.153. The molecule has 1 saturated carbocycles. The number of hydrogen-bond donors (Lipinski definition) is 6. The molecule has 216 valence electrons. The quantitative estimate of drug-likeness (QED) is 0.211. The van der Waals surface area contributed by atoms with Gasteiger partial charge in [0.2, 0.25) is 5.78 Å². The Balaban J connectivity index is 1.52. The molecule has 0 spiro atoms. The Kier molecular flexibility index (Phi) is 7.46. The highest BCUT2D eigenvalue weighted by Crippen LogP contribution is 2.53. The van der Waals surface area contributed by atoms with E-state index in [0.29, 0.717) is 29.2 Å². The zero-order valence-electron chi connectivity index (χ0n) is 22.6. The van der Waals surface area contributed by atoms with Crippen LogP contribution in [-0.4, -0.2) is 75.1 Å². The van der Waals surface area contributed by atoms with Gasteiger partial charge in [-0.15, -0.1) is 0 Å². The van der Waals surface area contributed by atoms with Crippen LogP contribution < -0.4 is 11.1 Å². The van der Waals surface area contributed by atoms with Gasteiger partial charge in [0.15, 0.2) is 11.4 Å². The second-order valence-electron chi connectivity index (χ2n) is 11.1. The summed E-state index contributed by atoms with van der Waals surface area (Å²) in [7, 11) is 3.11. The number of phenols is 1. The molecule has 0 aliphatic heterocycles. The third-order valence-electron chi connectivity index (χ3n) is 8.48. The third kappa shape index (κ3) is 4.51. The van der Waals surface area contributed by atoms with Gasteiger partial charge in [0, 0.05) is 23.1 Å². The fourth-order valence-electron chi connectivity index (χ4n) is 6.58. The average Bonchev–Trinajstić information content (AvgIpc) is 2.91. The molecule has 10 nitrogen and oxygen atoms in total. The maximum atomic E-state index is 13.9. The summed E-state index contributed by atoms with van der Waals surface area (Å²) < 4.78 is 0. The van der Waals surface area contributed by atoms with Crippen LogP contribution >= 0.6 is 11.6 Å². The number of primary amides is 1. The van der Waals surface area contributed by atoms with Gasteiger partial charge >= 0.3 is 0 Å². The number of phenolic OH excluding ortho intramolecular Hbond substituents is 1. The number of benzene rings is 2. The molecule has 0 aromatic heterocycles. The molecular weight excluding hydrogens is 550 g/mol. The van der Waals surface area contributed by atoms with Gasteiger partial charge in [-0.25, -0.2) is 0 Å². The third-order valence-corrected chi connectivity index (χ3v) is 8.95. The van der Waals surface area contributed by atoms with E-state index in [1.165, 1.54) is 16.5 Å². The van der Waals surface area contributed by atoms with Crippen LogP contribution in [0.1, 0.15) is 28.7 Å². The number of fused-ring (bicyclic) bond motifs is 3. The van der Waals surface area contributed by atoms with Crippen molar-refractivity contribution in [2.75, 3.05) is 20.6 Å². The van der Waals surface area contributed by atoms with E-state index in [4.69, 9.17) is 17.3 Å². The summed E-state index contributed by atoms with van der Waals surface area (Å²) >= 11 is 6.79. The van der Waals surface area contributed by atoms with Crippen molar-refractivity contribution >= 4 is 34.8 Å². The van der Waals surface area contributed by atoms with Gasteiger partial charge in [0.1, 0.15) is 22.8 Å². The average molecular weight is 582 g/mol. The van der Waals surface area contributed by atoms with E-state index in [1.54, 1.807) is 14.1 Å². The molecule has 1 fully saturated rings. The zero-order chi connectivity index (χ0) is 29.8. The van der Waals surface area contributed by atoms with Crippen molar-refractivity contribution in [2.45, 2.75) is 37.5 Å². The summed E-state index contributed by atoms with van der Waals surface area (Å²) in [4.78, 5) is 40.6. The summed E-state index contributed by atoms with van der Waals surface area (Å²) in [5.74, 6) is -6.93. The first-order valence-electron chi connectivity index (χ1n) is 13.3. The SMILES string of the molecule is CN(C)[C@@H]1C(=O)C(C(N)=O)=C(O)[C@@]2(O)C(=O)C3=C(O)c4c(O)cc(CNCCc5ccccc5)c(Cl)c4C[C@H]3C[C@@H]12. The lowest BCUT2D eigenvalue weighted by Crippen LogP contribution is -2.65. The second kappa shape index (κ2) is 10.6. The minimum absolute atomic E-state index is 0.00239. The summed E-state index contributed by atoms with van der Waals surface area (Å²) in [6.45, 7) is 1.01. The molecule has 11 heteroatoms. The Labute approximate surface area is 241 Å². The van der Waals surface area contributed by atoms with Crippen LogP contribution in [0.2, 0.25) is 5.02 Å². The van der Waals surface area contributed by atoms with Crippen LogP contribution in [0, 0.1) is 11.8 Å². The van der Waals surface area contributed by atoms with E-state index >= 15 is 0 Å². The largest absolute Gasteiger partial charge is 0.508 e. The number of nitrogens with two attached hydrogens (primary N) is 1. The molecule has 0 bridgehead atoms. The van der Waals surface area contributed by atoms with Gasteiger partial charge in [0.25, 0.3) is 5.91 Å². The van der Waals surface area contributed by atoms with Crippen molar-refractivity contribution in [2.24, 2.45) is 17.6 Å². The number of aromatic hydroxyl groups is 1. The highest BCUT2D eigenvalue weighted by molar-refractivity contribution is 6.32. The molecule has 1 amide bonds. The molecule has 0 unspecified atom stereocenters. The van der Waals surface area contributed by atoms with E-state index in [0.717, 1.165) is 6.42 Å². The van der Waals surface area contributed by atoms with Crippen LogP contribution in [0.4, 0.5) is 0 Å². The number of Topliss-reactive ketones (excluding diaryl/α,β-unsaturated/α-hetero) is 2. The minimum atomic E-state index is -2.67. The lowest BCUT2D eigenvalue weighted by Gasteiger charge is -2.50. The maximum Gasteiger partial charge on any atom is 0.255 e. The number of amides is 1. The summed E-state index contributed by atoms with van der Waals surface area (Å²) in [6, 6.07) is 10.2. The standard InChI is InChI=1S/C30H32ClN3O7/c1-34(2)24-18-11-15-10-17-21(19(35)12-16(23(17)31)13-33-9-8-14-6-4-3-5-7-14)25(36)20(15)27(38)30(18,41)28(39)22(26(24)37)29(32)40/h3-7,12,15,18,24,33,35-36,39,41H,8-11,13H2,1-2H3,(H2,32,40)/t15-,18-,24-,30-/m0/s1. The van der Waals surface area contributed by atoms with Crippen molar-refractivity contribution in [3.8, 4) is 5.75 Å². The molecule has 7 N–H and O–H groups in total.